The third-order valence-electron chi connectivity index (χ3n) is 5.39. The Balaban J connectivity index is 2.00. The van der Waals surface area contributed by atoms with E-state index in [-0.39, 0.29) is 0 Å². The molecule has 0 aliphatic heterocycles. The van der Waals surface area contributed by atoms with Crippen LogP contribution in [0.5, 0.6) is 0 Å². The first-order valence-electron chi connectivity index (χ1n) is 9.51. The maximum atomic E-state index is 2.35. The second-order valence-corrected chi connectivity index (χ2v) is 11.1. The van der Waals surface area contributed by atoms with Gasteiger partial charge in [-0.05, 0) is 0 Å². The molecular weight excluding hydrogens is 343 g/mol. The number of benzene rings is 4. The van der Waals surface area contributed by atoms with Crippen molar-refractivity contribution in [3.8, 4) is 0 Å². The molecule has 0 unspecified atom stereocenters. The fourth-order valence-corrected chi connectivity index (χ4v) is 8.71. The summed E-state index contributed by atoms with van der Waals surface area (Å²) in [6, 6.07) is 42.4. The third kappa shape index (κ3) is 3.59. The first kappa shape index (κ1) is 17.7. The van der Waals surface area contributed by atoms with Gasteiger partial charge in [0, 0.05) is 0 Å². The summed E-state index contributed by atoms with van der Waals surface area (Å²) in [6.45, 7) is 2.16. The minimum atomic E-state index is -2.19. The Bertz CT molecular complexity index is 935. The van der Waals surface area contributed by atoms with Crippen molar-refractivity contribution in [1.82, 2.24) is 0 Å². The minimum absolute atomic E-state index is 1.06. The van der Waals surface area contributed by atoms with Crippen LogP contribution in [-0.4, -0.2) is 0 Å². The van der Waals surface area contributed by atoms with Gasteiger partial charge in [-0.1, -0.05) is 0 Å². The van der Waals surface area contributed by atoms with Crippen LogP contribution in [0.25, 0.3) is 0 Å². The molecular formula is C26H25P. The zero-order valence-corrected chi connectivity index (χ0v) is 16.7. The van der Waals surface area contributed by atoms with Crippen molar-refractivity contribution in [1.29, 1.82) is 0 Å². The van der Waals surface area contributed by atoms with Gasteiger partial charge in [0.05, 0.1) is 0 Å². The number of hydrogen-bond donors (Lipinski definition) is 0. The molecule has 4 rings (SSSR count). The standard InChI is InChI=1S/C26H25P/c1-22-17-19-26(20-18-22)27(24-13-7-3-8-14-24,25-15-9-4-10-16-25)21-23-11-5-2-6-12-23/h2-20,27H,21H2,1H3. The zero-order chi connectivity index (χ0) is 18.5. The fourth-order valence-electron chi connectivity index (χ4n) is 3.99. The van der Waals surface area contributed by atoms with Crippen molar-refractivity contribution in [2.75, 3.05) is 0 Å². The average molecular weight is 368 g/mol. The predicted octanol–water partition coefficient (Wildman–Crippen LogP) is 5.22. The van der Waals surface area contributed by atoms with Gasteiger partial charge < -0.3 is 0 Å². The zero-order valence-electron chi connectivity index (χ0n) is 15.7. The molecule has 0 heterocycles. The molecule has 4 aromatic rings. The Morgan fingerprint density at radius 1 is 0.481 bits per heavy atom. The van der Waals surface area contributed by atoms with Gasteiger partial charge in [0.15, 0.2) is 0 Å². The van der Waals surface area contributed by atoms with Gasteiger partial charge in [-0.25, -0.2) is 0 Å². The van der Waals surface area contributed by atoms with Crippen molar-refractivity contribution < 1.29 is 0 Å². The number of aryl methyl sites for hydroxylation is 1. The van der Waals surface area contributed by atoms with Crippen LogP contribution in [0.3, 0.4) is 0 Å². The maximum absolute atomic E-state index is 2.35. The summed E-state index contributed by atoms with van der Waals surface area (Å²) in [6.07, 6.45) is 1.06. The molecule has 0 N–H and O–H groups in total. The van der Waals surface area contributed by atoms with E-state index in [1.54, 1.807) is 0 Å². The van der Waals surface area contributed by atoms with Gasteiger partial charge >= 0.3 is 163 Å². The SMILES string of the molecule is Cc1ccc([PH](Cc2ccccc2)(c2ccccc2)c2ccccc2)cc1. The van der Waals surface area contributed by atoms with Crippen LogP contribution in [0.2, 0.25) is 0 Å². The monoisotopic (exact) mass is 368 g/mol. The molecule has 134 valence electrons. The summed E-state index contributed by atoms with van der Waals surface area (Å²) in [5.74, 6) is 0. The van der Waals surface area contributed by atoms with Gasteiger partial charge in [-0.15, -0.1) is 0 Å². The van der Waals surface area contributed by atoms with Crippen molar-refractivity contribution in [3.63, 3.8) is 0 Å². The van der Waals surface area contributed by atoms with E-state index in [9.17, 15) is 0 Å². The van der Waals surface area contributed by atoms with Crippen LogP contribution in [0.15, 0.2) is 115 Å². The molecule has 0 saturated carbocycles. The van der Waals surface area contributed by atoms with Crippen LogP contribution >= 0.6 is 7.26 Å². The van der Waals surface area contributed by atoms with Crippen LogP contribution in [0.1, 0.15) is 11.1 Å². The predicted molar refractivity (Wildman–Crippen MR) is 121 cm³/mol. The Morgan fingerprint density at radius 3 is 1.37 bits per heavy atom. The second kappa shape index (κ2) is 7.91. The summed E-state index contributed by atoms with van der Waals surface area (Å²) in [4.78, 5) is 0. The van der Waals surface area contributed by atoms with Crippen LogP contribution in [-0.2, 0) is 6.16 Å². The van der Waals surface area contributed by atoms with E-state index in [1.807, 2.05) is 0 Å². The van der Waals surface area contributed by atoms with Crippen molar-refractivity contribution >= 4 is 23.2 Å². The molecule has 0 aliphatic rings. The summed E-state index contributed by atoms with van der Waals surface area (Å²) < 4.78 is 0. The average Bonchev–Trinajstić information content (AvgIpc) is 2.75. The summed E-state index contributed by atoms with van der Waals surface area (Å²) in [7, 11) is -2.19. The van der Waals surface area contributed by atoms with Gasteiger partial charge in [0.2, 0.25) is 0 Å². The topological polar surface area (TPSA) is 0 Å². The third-order valence-corrected chi connectivity index (χ3v) is 10.3. The molecule has 0 atom stereocenters. The van der Waals surface area contributed by atoms with Gasteiger partial charge in [0.1, 0.15) is 0 Å². The van der Waals surface area contributed by atoms with Crippen LogP contribution in [0, 0.1) is 6.92 Å². The van der Waals surface area contributed by atoms with Crippen LogP contribution < -0.4 is 15.9 Å². The molecule has 0 nitrogen and oxygen atoms in total. The number of hydrogen-bond acceptors (Lipinski definition) is 0. The van der Waals surface area contributed by atoms with Crippen molar-refractivity contribution in [2.45, 2.75) is 13.1 Å². The van der Waals surface area contributed by atoms with E-state index in [2.05, 4.69) is 122 Å². The summed E-state index contributed by atoms with van der Waals surface area (Å²) in [5, 5.41) is 4.39. The first-order chi connectivity index (χ1) is 13.3. The van der Waals surface area contributed by atoms with E-state index < -0.39 is 7.26 Å². The van der Waals surface area contributed by atoms with Crippen molar-refractivity contribution in [3.05, 3.63) is 126 Å². The molecule has 27 heavy (non-hydrogen) atoms. The van der Waals surface area contributed by atoms with E-state index in [1.165, 1.54) is 27.0 Å². The number of rotatable bonds is 5. The van der Waals surface area contributed by atoms with Crippen LogP contribution in [0.4, 0.5) is 0 Å². The molecule has 0 aliphatic carbocycles. The molecule has 4 aromatic carbocycles. The molecule has 0 aromatic heterocycles. The Kier molecular flexibility index (Phi) is 5.19. The summed E-state index contributed by atoms with van der Waals surface area (Å²) >= 11 is 0. The van der Waals surface area contributed by atoms with E-state index >= 15 is 0 Å². The van der Waals surface area contributed by atoms with E-state index in [0.29, 0.717) is 0 Å². The quantitative estimate of drug-likeness (QED) is 0.424. The molecule has 1 heteroatoms. The Labute approximate surface area is 162 Å². The molecule has 0 fully saturated rings. The molecule has 0 amide bonds. The summed E-state index contributed by atoms with van der Waals surface area (Å²) in [5.41, 5.74) is 2.71. The van der Waals surface area contributed by atoms with Crippen molar-refractivity contribution in [2.24, 2.45) is 0 Å². The molecule has 0 bridgehead atoms. The van der Waals surface area contributed by atoms with E-state index in [0.717, 1.165) is 6.16 Å². The molecule has 0 saturated heterocycles. The van der Waals surface area contributed by atoms with Gasteiger partial charge in [-0.3, -0.25) is 0 Å². The first-order valence-corrected chi connectivity index (χ1v) is 11.7. The van der Waals surface area contributed by atoms with Gasteiger partial charge in [-0.2, -0.15) is 0 Å². The molecule has 0 spiro atoms. The normalized spacial score (nSPS) is 11.9. The van der Waals surface area contributed by atoms with E-state index in [4.69, 9.17) is 0 Å². The van der Waals surface area contributed by atoms with Gasteiger partial charge in [0.25, 0.3) is 0 Å². The fraction of sp³-hybridized carbons (Fsp3) is 0.0769. The second-order valence-electron chi connectivity index (χ2n) is 7.17. The molecule has 0 radical (unpaired) electrons. The Hall–Kier alpha value is -2.69. The Morgan fingerprint density at radius 2 is 0.889 bits per heavy atom.